The quantitative estimate of drug-likeness (QED) is 0.373. The number of amides is 1. The molecule has 8 heteroatoms. The van der Waals surface area contributed by atoms with Crippen molar-refractivity contribution < 1.29 is 9.59 Å². The van der Waals surface area contributed by atoms with Crippen LogP contribution in [0.2, 0.25) is 5.02 Å². The van der Waals surface area contributed by atoms with Crippen LogP contribution in [-0.4, -0.2) is 25.6 Å². The molecule has 0 unspecified atom stereocenters. The van der Waals surface area contributed by atoms with Crippen LogP contribution in [0.15, 0.2) is 90.1 Å². The molecule has 2 heterocycles. The molecule has 0 bridgehead atoms. The fourth-order valence-corrected chi connectivity index (χ4v) is 4.16. The second-order valence-corrected chi connectivity index (χ2v) is 8.32. The van der Waals surface area contributed by atoms with Crippen LogP contribution in [0.5, 0.6) is 0 Å². The van der Waals surface area contributed by atoms with Gasteiger partial charge in [-0.3, -0.25) is 23.4 Å². The number of para-hydroxylation sites is 1. The average molecular weight is 471 g/mol. The number of carbonyl (C=O) groups excluding carboxylic acids is 2. The largest absolute Gasteiger partial charge is 0.326 e. The molecule has 0 spiro atoms. The topological polar surface area (TPSA) is 85.5 Å². The number of nitrogens with zero attached hydrogens (tertiary/aromatic N) is 3. The lowest BCUT2D eigenvalue weighted by atomic mass is 10.1. The van der Waals surface area contributed by atoms with Gasteiger partial charge in [0.25, 0.3) is 5.56 Å². The van der Waals surface area contributed by atoms with Crippen LogP contribution in [0, 0.1) is 0 Å². The summed E-state index contributed by atoms with van der Waals surface area (Å²) in [5.41, 5.74) is 2.85. The second kappa shape index (κ2) is 8.96. The smallest absolute Gasteiger partial charge is 0.262 e. The van der Waals surface area contributed by atoms with Crippen molar-refractivity contribution in [3.05, 3.63) is 112 Å². The molecular formula is C26H19ClN4O3. The van der Waals surface area contributed by atoms with Gasteiger partial charge in [0.05, 0.1) is 30.1 Å². The molecule has 5 rings (SSSR count). The summed E-state index contributed by atoms with van der Waals surface area (Å²) in [5, 5.41) is 3.90. The van der Waals surface area contributed by atoms with Crippen LogP contribution in [0.3, 0.4) is 0 Å². The summed E-state index contributed by atoms with van der Waals surface area (Å²) in [7, 11) is 0. The maximum Gasteiger partial charge on any atom is 0.262 e. The number of rotatable bonds is 6. The molecule has 34 heavy (non-hydrogen) atoms. The maximum atomic E-state index is 13.1. The first kappa shape index (κ1) is 21.6. The van der Waals surface area contributed by atoms with Gasteiger partial charge in [-0.2, -0.15) is 0 Å². The summed E-state index contributed by atoms with van der Waals surface area (Å²) in [5.74, 6) is -0.413. The number of ketones is 1. The first-order valence-electron chi connectivity index (χ1n) is 10.6. The standard InChI is InChI=1S/C26H19ClN4O3/c27-19-5-3-4-17(12-19)13-24(33)29-20-10-8-18(9-11-20)23(32)15-30-25-14-28-16-31(25)22-7-2-1-6-21(22)26(30)34/h1-12,14,16H,13,15H2,(H,29,33). The molecule has 0 aliphatic rings. The molecule has 0 radical (unpaired) electrons. The molecule has 0 saturated carbocycles. The van der Waals surface area contributed by atoms with Gasteiger partial charge in [0.1, 0.15) is 12.0 Å². The zero-order valence-corrected chi connectivity index (χ0v) is 18.7. The van der Waals surface area contributed by atoms with Gasteiger partial charge >= 0.3 is 0 Å². The number of imidazole rings is 1. The lowest BCUT2D eigenvalue weighted by Crippen LogP contribution is -2.26. The zero-order chi connectivity index (χ0) is 23.7. The third kappa shape index (κ3) is 4.21. The normalized spacial score (nSPS) is 11.1. The molecule has 0 atom stereocenters. The maximum absolute atomic E-state index is 13.1. The Morgan fingerprint density at radius 1 is 0.971 bits per heavy atom. The first-order valence-corrected chi connectivity index (χ1v) is 11.0. The van der Waals surface area contributed by atoms with E-state index in [1.807, 2.05) is 18.2 Å². The van der Waals surface area contributed by atoms with E-state index in [1.54, 1.807) is 71.5 Å². The molecule has 7 nitrogen and oxygen atoms in total. The number of aromatic nitrogens is 3. The van der Waals surface area contributed by atoms with E-state index in [4.69, 9.17) is 11.6 Å². The molecule has 3 aromatic carbocycles. The Hall–Kier alpha value is -4.23. The van der Waals surface area contributed by atoms with E-state index in [9.17, 15) is 14.4 Å². The second-order valence-electron chi connectivity index (χ2n) is 7.89. The van der Waals surface area contributed by atoms with E-state index in [-0.39, 0.29) is 30.2 Å². The van der Waals surface area contributed by atoms with E-state index in [2.05, 4.69) is 10.3 Å². The molecule has 168 valence electrons. The lowest BCUT2D eigenvalue weighted by Gasteiger charge is -2.11. The summed E-state index contributed by atoms with van der Waals surface area (Å²) < 4.78 is 3.22. The number of hydrogen-bond donors (Lipinski definition) is 1. The number of hydrogen-bond acceptors (Lipinski definition) is 4. The Bertz CT molecular complexity index is 1600. The fraction of sp³-hybridized carbons (Fsp3) is 0.0769. The number of fused-ring (bicyclic) bond motifs is 3. The van der Waals surface area contributed by atoms with Crippen LogP contribution >= 0.6 is 11.6 Å². The van der Waals surface area contributed by atoms with Crippen molar-refractivity contribution >= 4 is 45.5 Å². The van der Waals surface area contributed by atoms with Crippen molar-refractivity contribution in [3.8, 4) is 0 Å². The SMILES string of the molecule is O=C(Cc1cccc(Cl)c1)Nc1ccc(C(=O)Cn2c(=O)c3ccccc3n3cncc23)cc1. The molecule has 1 amide bonds. The minimum Gasteiger partial charge on any atom is -0.326 e. The summed E-state index contributed by atoms with van der Waals surface area (Å²) in [6.07, 6.45) is 3.38. The van der Waals surface area contributed by atoms with Gasteiger partial charge in [-0.05, 0) is 54.1 Å². The van der Waals surface area contributed by atoms with Crippen molar-refractivity contribution in [2.24, 2.45) is 0 Å². The summed E-state index contributed by atoms with van der Waals surface area (Å²) in [6.45, 7) is -0.126. The van der Waals surface area contributed by atoms with Gasteiger partial charge in [-0.1, -0.05) is 35.9 Å². The number of anilines is 1. The highest BCUT2D eigenvalue weighted by Crippen LogP contribution is 2.16. The van der Waals surface area contributed by atoms with Crippen LogP contribution < -0.4 is 10.9 Å². The molecule has 0 saturated heterocycles. The third-order valence-electron chi connectivity index (χ3n) is 5.58. The van der Waals surface area contributed by atoms with Crippen LogP contribution in [0.25, 0.3) is 16.6 Å². The van der Waals surface area contributed by atoms with Crippen molar-refractivity contribution in [1.29, 1.82) is 0 Å². The number of nitrogens with one attached hydrogen (secondary N) is 1. The van der Waals surface area contributed by atoms with Crippen LogP contribution in [0.4, 0.5) is 5.69 Å². The number of benzene rings is 3. The Kier molecular flexibility index (Phi) is 5.69. The monoisotopic (exact) mass is 470 g/mol. The average Bonchev–Trinajstić information content (AvgIpc) is 3.32. The van der Waals surface area contributed by atoms with Crippen molar-refractivity contribution in [2.75, 3.05) is 5.32 Å². The van der Waals surface area contributed by atoms with Crippen molar-refractivity contribution in [1.82, 2.24) is 14.0 Å². The molecule has 0 aliphatic heterocycles. The summed E-state index contributed by atoms with van der Waals surface area (Å²) in [6, 6.07) is 21.0. The first-order chi connectivity index (χ1) is 16.5. The molecular weight excluding hydrogens is 452 g/mol. The highest BCUT2D eigenvalue weighted by Gasteiger charge is 2.15. The van der Waals surface area contributed by atoms with E-state index in [1.165, 1.54) is 4.57 Å². The number of Topliss-reactive ketones (excluding diaryl/α,β-unsaturated/α-hetero) is 1. The minimum absolute atomic E-state index is 0.126. The summed E-state index contributed by atoms with van der Waals surface area (Å²) in [4.78, 5) is 42.5. The predicted molar refractivity (Wildman–Crippen MR) is 132 cm³/mol. The Morgan fingerprint density at radius 2 is 1.76 bits per heavy atom. The van der Waals surface area contributed by atoms with Gasteiger partial charge < -0.3 is 5.32 Å². The molecule has 2 aromatic heterocycles. The zero-order valence-electron chi connectivity index (χ0n) is 17.9. The van der Waals surface area contributed by atoms with Gasteiger partial charge in [0.2, 0.25) is 5.91 Å². The van der Waals surface area contributed by atoms with Crippen LogP contribution in [-0.2, 0) is 17.8 Å². The predicted octanol–water partition coefficient (Wildman–Crippen LogP) is 4.37. The minimum atomic E-state index is -0.248. The van der Waals surface area contributed by atoms with Crippen molar-refractivity contribution in [3.63, 3.8) is 0 Å². The van der Waals surface area contributed by atoms with Gasteiger partial charge in [-0.15, -0.1) is 0 Å². The number of carbonyl (C=O) groups is 2. The van der Waals surface area contributed by atoms with E-state index in [0.717, 1.165) is 11.1 Å². The van der Waals surface area contributed by atoms with Crippen LogP contribution in [0.1, 0.15) is 15.9 Å². The van der Waals surface area contributed by atoms with E-state index < -0.39 is 0 Å². The highest BCUT2D eigenvalue weighted by molar-refractivity contribution is 6.30. The molecule has 1 N–H and O–H groups in total. The molecule has 0 aliphatic carbocycles. The van der Waals surface area contributed by atoms with E-state index >= 15 is 0 Å². The van der Waals surface area contributed by atoms with Crippen molar-refractivity contribution in [2.45, 2.75) is 13.0 Å². The van der Waals surface area contributed by atoms with Gasteiger partial charge in [0, 0.05) is 16.3 Å². The molecule has 5 aromatic rings. The van der Waals surface area contributed by atoms with Gasteiger partial charge in [-0.25, -0.2) is 4.98 Å². The lowest BCUT2D eigenvalue weighted by molar-refractivity contribution is -0.115. The number of halogens is 1. The van der Waals surface area contributed by atoms with E-state index in [0.29, 0.717) is 27.3 Å². The third-order valence-corrected chi connectivity index (χ3v) is 5.82. The Morgan fingerprint density at radius 3 is 2.56 bits per heavy atom. The Balaban J connectivity index is 1.33. The summed E-state index contributed by atoms with van der Waals surface area (Å²) >= 11 is 5.97. The highest BCUT2D eigenvalue weighted by atomic mass is 35.5. The fourth-order valence-electron chi connectivity index (χ4n) is 3.95. The molecule has 0 fully saturated rings. The van der Waals surface area contributed by atoms with Gasteiger partial charge in [0.15, 0.2) is 5.78 Å². The Labute approximate surface area is 199 Å².